The molecule has 2 aromatic rings. The van der Waals surface area contributed by atoms with Crippen molar-refractivity contribution in [3.63, 3.8) is 0 Å². The highest BCUT2D eigenvalue weighted by Crippen LogP contribution is 2.17. The molecule has 0 aliphatic carbocycles. The highest BCUT2D eigenvalue weighted by molar-refractivity contribution is 5.93. The molecule has 0 bridgehead atoms. The summed E-state index contributed by atoms with van der Waals surface area (Å²) in [5, 5.41) is 8.17. The van der Waals surface area contributed by atoms with Crippen LogP contribution in [0.25, 0.3) is 0 Å². The average Bonchev–Trinajstić information content (AvgIpc) is 2.93. The smallest absolute Gasteiger partial charge is 0.408 e. The largest absolute Gasteiger partial charge is 0.489 e. The number of hydrogen-bond donors (Lipinski definition) is 4. The van der Waals surface area contributed by atoms with Crippen LogP contribution in [-0.4, -0.2) is 47.5 Å². The van der Waals surface area contributed by atoms with Crippen LogP contribution in [0, 0.1) is 11.8 Å². The molecule has 2 aromatic carbocycles. The summed E-state index contributed by atoms with van der Waals surface area (Å²) in [5.74, 6) is -1.20. The van der Waals surface area contributed by atoms with Gasteiger partial charge in [0, 0.05) is 6.42 Å². The van der Waals surface area contributed by atoms with Gasteiger partial charge in [-0.15, -0.1) is 0 Å². The van der Waals surface area contributed by atoms with Crippen LogP contribution in [0.3, 0.4) is 0 Å². The Morgan fingerprint density at radius 1 is 0.814 bits per heavy atom. The molecule has 10 heteroatoms. The van der Waals surface area contributed by atoms with Crippen molar-refractivity contribution in [3.8, 4) is 5.75 Å². The fourth-order valence-corrected chi connectivity index (χ4v) is 4.29. The first-order valence-corrected chi connectivity index (χ1v) is 14.8. The van der Waals surface area contributed by atoms with E-state index in [-0.39, 0.29) is 18.3 Å². The zero-order valence-electron chi connectivity index (χ0n) is 26.4. The van der Waals surface area contributed by atoms with Gasteiger partial charge in [0.25, 0.3) is 0 Å². The SMILES string of the molecule is CC[C@H](C)[C@@H](NC(=O)[C@@H](Cc1ccc(OCc2ccccc2)cc1)NC(=O)OC(C)(C)C)C(=O)N[C@@H](CC(C)C)C(N)=O. The highest BCUT2D eigenvalue weighted by atomic mass is 16.6. The summed E-state index contributed by atoms with van der Waals surface area (Å²) in [6, 6.07) is 14.2. The van der Waals surface area contributed by atoms with Crippen molar-refractivity contribution in [2.45, 2.75) is 98.1 Å². The molecular weight excluding hydrogens is 548 g/mol. The monoisotopic (exact) mass is 596 g/mol. The molecule has 0 saturated heterocycles. The molecule has 0 heterocycles. The topological polar surface area (TPSA) is 149 Å². The summed E-state index contributed by atoms with van der Waals surface area (Å²) in [7, 11) is 0. The predicted octanol–water partition coefficient (Wildman–Crippen LogP) is 4.25. The van der Waals surface area contributed by atoms with E-state index in [2.05, 4.69) is 16.0 Å². The second kappa shape index (κ2) is 16.5. The Morgan fingerprint density at radius 2 is 1.44 bits per heavy atom. The van der Waals surface area contributed by atoms with Crippen LogP contribution in [0.5, 0.6) is 5.75 Å². The van der Waals surface area contributed by atoms with E-state index in [0.717, 1.165) is 11.1 Å². The van der Waals surface area contributed by atoms with E-state index in [1.165, 1.54) is 0 Å². The van der Waals surface area contributed by atoms with Crippen molar-refractivity contribution < 1.29 is 28.7 Å². The van der Waals surface area contributed by atoms with Crippen molar-refractivity contribution in [2.75, 3.05) is 0 Å². The van der Waals surface area contributed by atoms with Crippen molar-refractivity contribution in [3.05, 3.63) is 65.7 Å². The van der Waals surface area contributed by atoms with E-state index in [0.29, 0.717) is 25.2 Å². The van der Waals surface area contributed by atoms with E-state index in [4.69, 9.17) is 15.2 Å². The van der Waals surface area contributed by atoms with Crippen LogP contribution >= 0.6 is 0 Å². The normalized spacial score (nSPS) is 14.1. The number of benzene rings is 2. The van der Waals surface area contributed by atoms with Gasteiger partial charge in [-0.25, -0.2) is 4.79 Å². The summed E-state index contributed by atoms with van der Waals surface area (Å²) >= 11 is 0. The Hall–Kier alpha value is -4.08. The lowest BCUT2D eigenvalue weighted by molar-refractivity contribution is -0.133. The fourth-order valence-electron chi connectivity index (χ4n) is 4.29. The second-order valence-corrected chi connectivity index (χ2v) is 12.3. The third-order valence-corrected chi connectivity index (χ3v) is 6.78. The van der Waals surface area contributed by atoms with E-state index in [1.54, 1.807) is 32.9 Å². The number of ether oxygens (including phenoxy) is 2. The molecule has 4 atom stereocenters. The standard InChI is InChI=1S/C33H48N4O6/c1-8-22(4)28(31(40)35-26(29(34)38)18-21(2)3)37-30(39)27(36-32(41)43-33(5,6)7)19-23-14-16-25(17-15-23)42-20-24-12-10-9-11-13-24/h9-17,21-22,26-28H,8,18-20H2,1-7H3,(H2,34,38)(H,35,40)(H,36,41)(H,37,39)/t22-,26-,27+,28+/m0/s1. The summed E-state index contributed by atoms with van der Waals surface area (Å²) in [5.41, 5.74) is 6.56. The lowest BCUT2D eigenvalue weighted by Gasteiger charge is -2.29. The number of carbonyl (C=O) groups is 4. The molecule has 0 saturated carbocycles. The van der Waals surface area contributed by atoms with Gasteiger partial charge in [-0.2, -0.15) is 0 Å². The molecule has 0 aliphatic rings. The van der Waals surface area contributed by atoms with Crippen molar-refractivity contribution >= 4 is 23.8 Å². The van der Waals surface area contributed by atoms with Gasteiger partial charge < -0.3 is 31.2 Å². The summed E-state index contributed by atoms with van der Waals surface area (Å²) < 4.78 is 11.3. The third-order valence-electron chi connectivity index (χ3n) is 6.78. The van der Waals surface area contributed by atoms with Crippen molar-refractivity contribution in [1.29, 1.82) is 0 Å². The van der Waals surface area contributed by atoms with Gasteiger partial charge in [0.2, 0.25) is 17.7 Å². The van der Waals surface area contributed by atoms with Crippen molar-refractivity contribution in [1.82, 2.24) is 16.0 Å². The number of rotatable bonds is 15. The molecule has 0 spiro atoms. The number of carbonyl (C=O) groups excluding carboxylic acids is 4. The van der Waals surface area contributed by atoms with Crippen LogP contribution in [0.15, 0.2) is 54.6 Å². The van der Waals surface area contributed by atoms with Gasteiger partial charge in [-0.1, -0.05) is 76.6 Å². The molecular formula is C33H48N4O6. The Bertz CT molecular complexity index is 1190. The van der Waals surface area contributed by atoms with E-state index in [9.17, 15) is 19.2 Å². The average molecular weight is 597 g/mol. The van der Waals surface area contributed by atoms with E-state index < -0.39 is 47.5 Å². The maximum Gasteiger partial charge on any atom is 0.408 e. The molecule has 0 fully saturated rings. The van der Waals surface area contributed by atoms with Gasteiger partial charge in [0.15, 0.2) is 0 Å². The van der Waals surface area contributed by atoms with Gasteiger partial charge in [-0.3, -0.25) is 14.4 Å². The first-order chi connectivity index (χ1) is 20.2. The fraction of sp³-hybridized carbons (Fsp3) is 0.515. The predicted molar refractivity (Wildman–Crippen MR) is 166 cm³/mol. The first kappa shape index (κ1) is 35.1. The van der Waals surface area contributed by atoms with Crippen molar-refractivity contribution in [2.24, 2.45) is 17.6 Å². The van der Waals surface area contributed by atoms with E-state index >= 15 is 0 Å². The number of hydrogen-bond acceptors (Lipinski definition) is 6. The molecule has 0 unspecified atom stereocenters. The molecule has 43 heavy (non-hydrogen) atoms. The van der Waals surface area contributed by atoms with Gasteiger partial charge in [0.1, 0.15) is 36.1 Å². The zero-order valence-corrected chi connectivity index (χ0v) is 26.4. The maximum atomic E-state index is 13.6. The van der Waals surface area contributed by atoms with Crippen LogP contribution in [-0.2, 0) is 32.1 Å². The van der Waals surface area contributed by atoms with Gasteiger partial charge in [-0.05, 0) is 62.3 Å². The van der Waals surface area contributed by atoms with Gasteiger partial charge >= 0.3 is 6.09 Å². The quantitative estimate of drug-likeness (QED) is 0.242. The summed E-state index contributed by atoms with van der Waals surface area (Å²) in [6.07, 6.45) is 0.329. The lowest BCUT2D eigenvalue weighted by Crippen LogP contribution is -2.58. The number of primary amides is 1. The molecule has 2 rings (SSSR count). The summed E-state index contributed by atoms with van der Waals surface area (Å²) in [6.45, 7) is 13.2. The Morgan fingerprint density at radius 3 is 1.98 bits per heavy atom. The van der Waals surface area contributed by atoms with E-state index in [1.807, 2.05) is 70.2 Å². The van der Waals surface area contributed by atoms with Gasteiger partial charge in [0.05, 0.1) is 0 Å². The Balaban J connectivity index is 2.22. The van der Waals surface area contributed by atoms with Crippen LogP contribution in [0.2, 0.25) is 0 Å². The molecule has 0 radical (unpaired) electrons. The minimum absolute atomic E-state index is 0.118. The lowest BCUT2D eigenvalue weighted by atomic mass is 9.96. The number of nitrogens with two attached hydrogens (primary N) is 1. The van der Waals surface area contributed by atoms with Crippen LogP contribution in [0.1, 0.15) is 72.4 Å². The molecule has 5 N–H and O–H groups in total. The molecule has 0 aliphatic heterocycles. The minimum Gasteiger partial charge on any atom is -0.489 e. The summed E-state index contributed by atoms with van der Waals surface area (Å²) in [4.78, 5) is 51.6. The third kappa shape index (κ3) is 12.8. The number of alkyl carbamates (subject to hydrolysis) is 1. The highest BCUT2D eigenvalue weighted by Gasteiger charge is 2.33. The Kier molecular flexibility index (Phi) is 13.5. The molecule has 10 nitrogen and oxygen atoms in total. The second-order valence-electron chi connectivity index (χ2n) is 12.3. The van der Waals surface area contributed by atoms with Crippen LogP contribution < -0.4 is 26.4 Å². The molecule has 0 aromatic heterocycles. The van der Waals surface area contributed by atoms with Crippen LogP contribution in [0.4, 0.5) is 4.79 Å². The minimum atomic E-state index is -1.05. The first-order valence-electron chi connectivity index (χ1n) is 14.8. The zero-order chi connectivity index (χ0) is 32.2. The maximum absolute atomic E-state index is 13.6. The molecule has 236 valence electrons. The molecule has 4 amide bonds. The Labute approximate surface area is 255 Å². The number of nitrogens with one attached hydrogen (secondary N) is 3. The number of amides is 4.